The van der Waals surface area contributed by atoms with Gasteiger partial charge in [-0.2, -0.15) is 8.78 Å². The minimum atomic E-state index is -2.96. The van der Waals surface area contributed by atoms with E-state index in [2.05, 4.69) is 9.72 Å². The number of carbonyl (C=O) groups is 1. The summed E-state index contributed by atoms with van der Waals surface area (Å²) in [6, 6.07) is 4.34. The van der Waals surface area contributed by atoms with Crippen LogP contribution in [0.15, 0.2) is 24.3 Å². The van der Waals surface area contributed by atoms with Crippen LogP contribution in [-0.4, -0.2) is 29.7 Å². The van der Waals surface area contributed by atoms with Gasteiger partial charge in [0.1, 0.15) is 23.4 Å². The van der Waals surface area contributed by atoms with Gasteiger partial charge in [0.2, 0.25) is 5.88 Å². The lowest BCUT2D eigenvalue weighted by molar-refractivity contribution is -0.180. The number of amides is 1. The Hall–Kier alpha value is -2.68. The Balaban J connectivity index is 2.05. The van der Waals surface area contributed by atoms with Crippen LogP contribution in [0.2, 0.25) is 0 Å². The summed E-state index contributed by atoms with van der Waals surface area (Å²) in [5.74, 6) is -2.45. The van der Waals surface area contributed by atoms with Crippen molar-refractivity contribution in [1.82, 2.24) is 4.98 Å². The molecular formula is C18H16F4N2O3. The molecule has 2 aromatic rings. The number of aromatic nitrogens is 1. The first kappa shape index (κ1) is 19.1. The molecule has 0 saturated carbocycles. The summed E-state index contributed by atoms with van der Waals surface area (Å²) in [7, 11) is 0. The van der Waals surface area contributed by atoms with E-state index >= 15 is 0 Å². The van der Waals surface area contributed by atoms with E-state index in [1.807, 2.05) is 0 Å². The SMILES string of the molecule is C[C@H](OC(F)F)C1CCc2c(-c3ccc(F)cc3F)cc(C(N)=O)nc2O1. The molecule has 2 heterocycles. The second-order valence-electron chi connectivity index (χ2n) is 6.12. The number of hydrogen-bond acceptors (Lipinski definition) is 4. The average Bonchev–Trinajstić information content (AvgIpc) is 2.59. The van der Waals surface area contributed by atoms with Crippen molar-refractivity contribution >= 4 is 5.91 Å². The molecule has 5 nitrogen and oxygen atoms in total. The lowest BCUT2D eigenvalue weighted by Crippen LogP contribution is -2.36. The minimum Gasteiger partial charge on any atom is -0.471 e. The molecule has 1 aromatic carbocycles. The van der Waals surface area contributed by atoms with E-state index in [4.69, 9.17) is 10.5 Å². The minimum absolute atomic E-state index is 0.00834. The number of rotatable bonds is 5. The summed E-state index contributed by atoms with van der Waals surface area (Å²) in [4.78, 5) is 15.6. The summed E-state index contributed by atoms with van der Waals surface area (Å²) < 4.78 is 62.5. The maximum absolute atomic E-state index is 14.3. The van der Waals surface area contributed by atoms with Crippen molar-refractivity contribution in [3.8, 4) is 17.0 Å². The van der Waals surface area contributed by atoms with Gasteiger partial charge in [0.25, 0.3) is 5.91 Å². The highest BCUT2D eigenvalue weighted by molar-refractivity contribution is 5.93. The van der Waals surface area contributed by atoms with Crippen LogP contribution >= 0.6 is 0 Å². The van der Waals surface area contributed by atoms with Crippen molar-refractivity contribution in [1.29, 1.82) is 0 Å². The largest absolute Gasteiger partial charge is 0.471 e. The molecule has 3 rings (SSSR count). The summed E-state index contributed by atoms with van der Waals surface area (Å²) in [5.41, 5.74) is 5.91. The van der Waals surface area contributed by atoms with Gasteiger partial charge >= 0.3 is 6.61 Å². The van der Waals surface area contributed by atoms with Crippen LogP contribution in [0.1, 0.15) is 29.4 Å². The van der Waals surface area contributed by atoms with E-state index in [-0.39, 0.29) is 22.7 Å². The van der Waals surface area contributed by atoms with Gasteiger partial charge < -0.3 is 15.2 Å². The summed E-state index contributed by atoms with van der Waals surface area (Å²) in [5, 5.41) is 0. The zero-order valence-corrected chi connectivity index (χ0v) is 14.2. The molecule has 0 fully saturated rings. The maximum atomic E-state index is 14.3. The lowest BCUT2D eigenvalue weighted by atomic mass is 9.93. The monoisotopic (exact) mass is 384 g/mol. The van der Waals surface area contributed by atoms with E-state index in [9.17, 15) is 22.4 Å². The van der Waals surface area contributed by atoms with Crippen molar-refractivity contribution in [2.45, 2.75) is 38.6 Å². The van der Waals surface area contributed by atoms with Gasteiger partial charge in [-0.15, -0.1) is 0 Å². The molecule has 144 valence electrons. The van der Waals surface area contributed by atoms with Gasteiger partial charge in [-0.25, -0.2) is 13.8 Å². The van der Waals surface area contributed by atoms with Crippen molar-refractivity contribution in [2.75, 3.05) is 0 Å². The van der Waals surface area contributed by atoms with Crippen molar-refractivity contribution in [3.05, 3.63) is 47.2 Å². The topological polar surface area (TPSA) is 74.4 Å². The number of nitrogens with two attached hydrogens (primary N) is 1. The molecule has 1 amide bonds. The number of ether oxygens (including phenoxy) is 2. The highest BCUT2D eigenvalue weighted by atomic mass is 19.3. The second-order valence-corrected chi connectivity index (χ2v) is 6.12. The van der Waals surface area contributed by atoms with E-state index in [0.29, 0.717) is 18.4 Å². The van der Waals surface area contributed by atoms with Crippen LogP contribution in [0.5, 0.6) is 5.88 Å². The highest BCUT2D eigenvalue weighted by Crippen LogP contribution is 2.37. The molecule has 0 saturated heterocycles. The Labute approximate surface area is 152 Å². The zero-order chi connectivity index (χ0) is 19.7. The predicted molar refractivity (Wildman–Crippen MR) is 87.4 cm³/mol. The molecule has 0 aliphatic carbocycles. The molecule has 1 aromatic heterocycles. The van der Waals surface area contributed by atoms with E-state index in [1.165, 1.54) is 19.1 Å². The molecule has 27 heavy (non-hydrogen) atoms. The Morgan fingerprint density at radius 3 is 2.67 bits per heavy atom. The van der Waals surface area contributed by atoms with E-state index in [1.54, 1.807) is 0 Å². The summed E-state index contributed by atoms with van der Waals surface area (Å²) >= 11 is 0. The molecule has 9 heteroatoms. The average molecular weight is 384 g/mol. The maximum Gasteiger partial charge on any atom is 0.345 e. The quantitative estimate of drug-likeness (QED) is 0.802. The van der Waals surface area contributed by atoms with Crippen molar-refractivity contribution < 1.29 is 31.8 Å². The number of benzene rings is 1. The number of halogens is 4. The van der Waals surface area contributed by atoms with Crippen molar-refractivity contribution in [2.24, 2.45) is 5.73 Å². The number of carbonyl (C=O) groups excluding carboxylic acids is 1. The molecule has 0 radical (unpaired) electrons. The predicted octanol–water partition coefficient (Wildman–Crippen LogP) is 3.45. The first-order chi connectivity index (χ1) is 12.8. The van der Waals surface area contributed by atoms with Crippen LogP contribution < -0.4 is 10.5 Å². The number of nitrogens with zero attached hydrogens (tertiary/aromatic N) is 1. The molecule has 1 aliphatic rings. The molecule has 0 spiro atoms. The molecule has 1 unspecified atom stereocenters. The molecule has 2 N–H and O–H groups in total. The third kappa shape index (κ3) is 4.02. The summed E-state index contributed by atoms with van der Waals surface area (Å²) in [6.07, 6.45) is -1.03. The third-order valence-electron chi connectivity index (χ3n) is 4.34. The zero-order valence-electron chi connectivity index (χ0n) is 14.2. The Bertz CT molecular complexity index is 876. The standard InChI is InChI=1S/C18H16F4N2O3/c1-8(26-18(21)22)15-5-4-11-12(10-3-2-9(19)6-13(10)20)7-14(16(23)25)24-17(11)27-15/h2-3,6-8,15,18H,4-5H2,1H3,(H2,23,25)/t8-,15?/m0/s1. The molecular weight excluding hydrogens is 368 g/mol. The fraction of sp³-hybridized carbons (Fsp3) is 0.333. The Morgan fingerprint density at radius 2 is 2.04 bits per heavy atom. The van der Waals surface area contributed by atoms with Gasteiger partial charge in [-0.3, -0.25) is 4.79 Å². The number of fused-ring (bicyclic) bond motifs is 1. The van der Waals surface area contributed by atoms with Crippen LogP contribution in [0, 0.1) is 11.6 Å². The molecule has 1 aliphatic heterocycles. The highest BCUT2D eigenvalue weighted by Gasteiger charge is 2.31. The van der Waals surface area contributed by atoms with Crippen LogP contribution in [0.25, 0.3) is 11.1 Å². The van der Waals surface area contributed by atoms with Crippen LogP contribution in [0.3, 0.4) is 0 Å². The fourth-order valence-electron chi connectivity index (χ4n) is 3.03. The van der Waals surface area contributed by atoms with Gasteiger partial charge in [-0.05, 0) is 43.5 Å². The number of hydrogen-bond donors (Lipinski definition) is 1. The molecule has 0 bridgehead atoms. The fourth-order valence-corrected chi connectivity index (χ4v) is 3.03. The van der Waals surface area contributed by atoms with E-state index in [0.717, 1.165) is 12.1 Å². The van der Waals surface area contributed by atoms with Gasteiger partial charge in [-0.1, -0.05) is 0 Å². The first-order valence-corrected chi connectivity index (χ1v) is 8.15. The first-order valence-electron chi connectivity index (χ1n) is 8.15. The van der Waals surface area contributed by atoms with Crippen LogP contribution in [0.4, 0.5) is 17.6 Å². The van der Waals surface area contributed by atoms with Gasteiger partial charge in [0.15, 0.2) is 0 Å². The van der Waals surface area contributed by atoms with Crippen LogP contribution in [-0.2, 0) is 11.2 Å². The number of alkyl halides is 2. The smallest absolute Gasteiger partial charge is 0.345 e. The Morgan fingerprint density at radius 1 is 1.30 bits per heavy atom. The summed E-state index contributed by atoms with van der Waals surface area (Å²) in [6.45, 7) is -1.53. The lowest BCUT2D eigenvalue weighted by Gasteiger charge is -2.30. The Kier molecular flexibility index (Phi) is 5.31. The number of pyridine rings is 1. The second kappa shape index (κ2) is 7.51. The van der Waals surface area contributed by atoms with Crippen molar-refractivity contribution in [3.63, 3.8) is 0 Å². The number of primary amides is 1. The normalized spacial score (nSPS) is 17.3. The van der Waals surface area contributed by atoms with Gasteiger partial charge in [0.05, 0.1) is 6.10 Å². The molecule has 2 atom stereocenters. The van der Waals surface area contributed by atoms with Gasteiger partial charge in [0, 0.05) is 17.2 Å². The van der Waals surface area contributed by atoms with E-state index < -0.39 is 36.4 Å². The third-order valence-corrected chi connectivity index (χ3v) is 4.34.